The van der Waals surface area contributed by atoms with Gasteiger partial charge in [0, 0.05) is 30.1 Å². The number of hydrogen-bond acceptors (Lipinski definition) is 2. The maximum atomic E-state index is 5.71. The Morgan fingerprint density at radius 3 is 2.77 bits per heavy atom. The molecule has 0 aliphatic heterocycles. The lowest BCUT2D eigenvalue weighted by molar-refractivity contribution is 0.806. The third kappa shape index (κ3) is 2.92. The molecule has 3 rings (SSSR count). The van der Waals surface area contributed by atoms with Crippen LogP contribution in [0.5, 0.6) is 0 Å². The molecule has 0 aliphatic carbocycles. The van der Waals surface area contributed by atoms with Gasteiger partial charge in [0.1, 0.15) is 10.8 Å². The number of nitrogens with zero attached hydrogens (tertiary/aromatic N) is 2. The summed E-state index contributed by atoms with van der Waals surface area (Å²) < 4.78 is 2.14. The fourth-order valence-corrected chi connectivity index (χ4v) is 2.65. The van der Waals surface area contributed by atoms with E-state index < -0.39 is 0 Å². The second-order valence-corrected chi connectivity index (χ2v) is 5.70. The number of hydrogen-bond donors (Lipinski definition) is 1. The van der Waals surface area contributed by atoms with E-state index in [1.807, 2.05) is 42.7 Å². The Bertz CT molecular complexity index is 820. The average molecular weight is 307 g/mol. The van der Waals surface area contributed by atoms with Gasteiger partial charge in [-0.05, 0) is 24.1 Å². The van der Waals surface area contributed by atoms with Gasteiger partial charge in [-0.15, -0.1) is 0 Å². The molecule has 110 valence electrons. The Morgan fingerprint density at radius 1 is 1.18 bits per heavy atom. The Labute approximate surface area is 135 Å². The van der Waals surface area contributed by atoms with Crippen LogP contribution in [0.4, 0.5) is 0 Å². The summed E-state index contributed by atoms with van der Waals surface area (Å²) in [5.41, 5.74) is 10.1. The van der Waals surface area contributed by atoms with Crippen LogP contribution in [0, 0.1) is 6.92 Å². The van der Waals surface area contributed by atoms with E-state index in [0.717, 1.165) is 29.1 Å². The Kier molecular flexibility index (Phi) is 4.02. The standard InChI is InChI=1S/C18H17N3S/c1-13-5-2-3-8-16(13)18-20-9-10-21(18)12-14-6-4-7-15(11-14)17(19)22/h2-11H,12H2,1H3,(H2,19,22). The van der Waals surface area contributed by atoms with Gasteiger partial charge in [-0.2, -0.15) is 0 Å². The van der Waals surface area contributed by atoms with E-state index in [2.05, 4.69) is 34.7 Å². The summed E-state index contributed by atoms with van der Waals surface area (Å²) in [4.78, 5) is 4.94. The van der Waals surface area contributed by atoms with E-state index in [1.54, 1.807) is 0 Å². The number of imidazole rings is 1. The maximum Gasteiger partial charge on any atom is 0.140 e. The van der Waals surface area contributed by atoms with Gasteiger partial charge in [-0.1, -0.05) is 54.7 Å². The molecule has 2 N–H and O–H groups in total. The molecule has 0 aliphatic rings. The van der Waals surface area contributed by atoms with Crippen LogP contribution in [-0.4, -0.2) is 14.5 Å². The van der Waals surface area contributed by atoms with Crippen molar-refractivity contribution in [1.29, 1.82) is 0 Å². The van der Waals surface area contributed by atoms with Gasteiger partial charge < -0.3 is 10.3 Å². The first-order chi connectivity index (χ1) is 10.6. The quantitative estimate of drug-likeness (QED) is 0.750. The second kappa shape index (κ2) is 6.12. The summed E-state index contributed by atoms with van der Waals surface area (Å²) in [5.74, 6) is 0.971. The fourth-order valence-electron chi connectivity index (χ4n) is 2.52. The van der Waals surface area contributed by atoms with Crippen molar-refractivity contribution in [2.24, 2.45) is 5.73 Å². The summed E-state index contributed by atoms with van der Waals surface area (Å²) in [6.07, 6.45) is 3.83. The summed E-state index contributed by atoms with van der Waals surface area (Å²) >= 11 is 5.05. The molecule has 0 saturated carbocycles. The van der Waals surface area contributed by atoms with E-state index in [9.17, 15) is 0 Å². The van der Waals surface area contributed by atoms with Crippen LogP contribution < -0.4 is 5.73 Å². The SMILES string of the molecule is Cc1ccccc1-c1nccn1Cc1cccc(C(N)=S)c1. The van der Waals surface area contributed by atoms with Crippen LogP contribution in [0.15, 0.2) is 60.9 Å². The van der Waals surface area contributed by atoms with Crippen LogP contribution in [0.2, 0.25) is 0 Å². The molecule has 0 saturated heterocycles. The van der Waals surface area contributed by atoms with Gasteiger partial charge in [-0.25, -0.2) is 4.98 Å². The molecule has 3 aromatic rings. The second-order valence-electron chi connectivity index (χ2n) is 5.26. The van der Waals surface area contributed by atoms with E-state index in [0.29, 0.717) is 4.99 Å². The predicted octanol–water partition coefficient (Wildman–Crippen LogP) is 3.54. The molecule has 0 fully saturated rings. The monoisotopic (exact) mass is 307 g/mol. The summed E-state index contributed by atoms with van der Waals surface area (Å²) in [5, 5.41) is 0. The minimum absolute atomic E-state index is 0.423. The van der Waals surface area contributed by atoms with Crippen LogP contribution in [0.1, 0.15) is 16.7 Å². The van der Waals surface area contributed by atoms with Crippen molar-refractivity contribution in [2.75, 3.05) is 0 Å². The number of benzene rings is 2. The molecular weight excluding hydrogens is 290 g/mol. The highest BCUT2D eigenvalue weighted by Gasteiger charge is 2.09. The first kappa shape index (κ1) is 14.5. The zero-order valence-corrected chi connectivity index (χ0v) is 13.2. The van der Waals surface area contributed by atoms with E-state index in [-0.39, 0.29) is 0 Å². The summed E-state index contributed by atoms with van der Waals surface area (Å²) in [6, 6.07) is 16.3. The number of aromatic nitrogens is 2. The molecule has 0 atom stereocenters. The molecule has 22 heavy (non-hydrogen) atoms. The highest BCUT2D eigenvalue weighted by atomic mass is 32.1. The molecule has 0 amide bonds. The lowest BCUT2D eigenvalue weighted by Crippen LogP contribution is -2.10. The van der Waals surface area contributed by atoms with Gasteiger partial charge >= 0.3 is 0 Å². The first-order valence-electron chi connectivity index (χ1n) is 7.11. The molecule has 2 aromatic carbocycles. The van der Waals surface area contributed by atoms with Gasteiger partial charge in [0.2, 0.25) is 0 Å². The van der Waals surface area contributed by atoms with E-state index in [1.165, 1.54) is 5.56 Å². The van der Waals surface area contributed by atoms with Crippen molar-refractivity contribution >= 4 is 17.2 Å². The highest BCUT2D eigenvalue weighted by Crippen LogP contribution is 2.22. The Morgan fingerprint density at radius 2 is 2.00 bits per heavy atom. The molecule has 1 heterocycles. The van der Waals surface area contributed by atoms with Crippen molar-refractivity contribution in [3.63, 3.8) is 0 Å². The zero-order chi connectivity index (χ0) is 15.5. The van der Waals surface area contributed by atoms with Crippen molar-refractivity contribution in [1.82, 2.24) is 9.55 Å². The largest absolute Gasteiger partial charge is 0.389 e. The molecule has 0 bridgehead atoms. The third-order valence-electron chi connectivity index (χ3n) is 3.67. The lowest BCUT2D eigenvalue weighted by Gasteiger charge is -2.11. The minimum Gasteiger partial charge on any atom is -0.389 e. The van der Waals surface area contributed by atoms with Crippen LogP contribution in [0.25, 0.3) is 11.4 Å². The minimum atomic E-state index is 0.423. The highest BCUT2D eigenvalue weighted by molar-refractivity contribution is 7.80. The van der Waals surface area contributed by atoms with Gasteiger partial charge in [0.05, 0.1) is 0 Å². The number of rotatable bonds is 4. The molecule has 4 heteroatoms. The van der Waals surface area contributed by atoms with Crippen molar-refractivity contribution < 1.29 is 0 Å². The average Bonchev–Trinajstić information content (AvgIpc) is 2.96. The maximum absolute atomic E-state index is 5.71. The van der Waals surface area contributed by atoms with Crippen molar-refractivity contribution in [2.45, 2.75) is 13.5 Å². The molecular formula is C18H17N3S. The Hall–Kier alpha value is -2.46. The molecule has 0 spiro atoms. The molecule has 3 nitrogen and oxygen atoms in total. The van der Waals surface area contributed by atoms with Crippen molar-refractivity contribution in [3.8, 4) is 11.4 Å². The normalized spacial score (nSPS) is 10.6. The van der Waals surface area contributed by atoms with Gasteiger partial charge in [0.25, 0.3) is 0 Å². The summed E-state index contributed by atoms with van der Waals surface area (Å²) in [7, 11) is 0. The molecule has 1 aromatic heterocycles. The summed E-state index contributed by atoms with van der Waals surface area (Å²) in [6.45, 7) is 2.84. The molecule has 0 unspecified atom stereocenters. The van der Waals surface area contributed by atoms with Crippen molar-refractivity contribution in [3.05, 3.63) is 77.6 Å². The topological polar surface area (TPSA) is 43.8 Å². The zero-order valence-electron chi connectivity index (χ0n) is 12.4. The smallest absolute Gasteiger partial charge is 0.140 e. The lowest BCUT2D eigenvalue weighted by atomic mass is 10.1. The van der Waals surface area contributed by atoms with E-state index >= 15 is 0 Å². The number of aryl methyl sites for hydroxylation is 1. The third-order valence-corrected chi connectivity index (χ3v) is 3.90. The van der Waals surface area contributed by atoms with E-state index in [4.69, 9.17) is 18.0 Å². The molecule has 0 radical (unpaired) electrons. The van der Waals surface area contributed by atoms with Gasteiger partial charge in [0.15, 0.2) is 0 Å². The number of nitrogens with two attached hydrogens (primary N) is 1. The Balaban J connectivity index is 1.95. The first-order valence-corrected chi connectivity index (χ1v) is 7.52. The van der Waals surface area contributed by atoms with Crippen LogP contribution >= 0.6 is 12.2 Å². The van der Waals surface area contributed by atoms with Crippen LogP contribution in [-0.2, 0) is 6.54 Å². The van der Waals surface area contributed by atoms with Gasteiger partial charge in [-0.3, -0.25) is 0 Å². The fraction of sp³-hybridized carbons (Fsp3) is 0.111. The number of thiocarbonyl (C=S) groups is 1. The predicted molar refractivity (Wildman–Crippen MR) is 93.8 cm³/mol. The van der Waals surface area contributed by atoms with Crippen LogP contribution in [0.3, 0.4) is 0 Å².